The Morgan fingerprint density at radius 2 is 1.89 bits per heavy atom. The standard InChI is InChI=1S/C21H16ClN3O3/c1-13-16(20(22)25(24-13)15-7-3-2-4-8-15)11-14(12-19(26)27)21-23-17-9-5-6-10-18(17)28-21/h2-11H,12H2,1H3,(H,26,27)/b14-11+. The van der Waals surface area contributed by atoms with Crippen LogP contribution in [0.25, 0.3) is 28.4 Å². The summed E-state index contributed by atoms with van der Waals surface area (Å²) < 4.78 is 7.38. The van der Waals surface area contributed by atoms with Crippen LogP contribution in [0.5, 0.6) is 0 Å². The first-order valence-electron chi connectivity index (χ1n) is 8.62. The zero-order chi connectivity index (χ0) is 19.7. The highest BCUT2D eigenvalue weighted by Crippen LogP contribution is 2.30. The topological polar surface area (TPSA) is 81.2 Å². The molecule has 0 bridgehead atoms. The van der Waals surface area contributed by atoms with Crippen molar-refractivity contribution in [3.05, 3.63) is 76.9 Å². The number of hydrogen-bond acceptors (Lipinski definition) is 4. The van der Waals surface area contributed by atoms with Crippen LogP contribution in [0, 0.1) is 6.92 Å². The van der Waals surface area contributed by atoms with E-state index >= 15 is 0 Å². The van der Waals surface area contributed by atoms with Gasteiger partial charge in [0.2, 0.25) is 5.89 Å². The van der Waals surface area contributed by atoms with Crippen molar-refractivity contribution >= 4 is 40.3 Å². The van der Waals surface area contributed by atoms with Crippen LogP contribution in [0.3, 0.4) is 0 Å². The number of aryl methyl sites for hydroxylation is 1. The molecular weight excluding hydrogens is 378 g/mol. The minimum atomic E-state index is -0.988. The predicted molar refractivity (Wildman–Crippen MR) is 107 cm³/mol. The SMILES string of the molecule is Cc1nn(-c2ccccc2)c(Cl)c1/C=C(\CC(=O)O)c1nc2ccccc2o1. The second-order valence-corrected chi connectivity index (χ2v) is 6.62. The molecule has 0 saturated heterocycles. The van der Waals surface area contributed by atoms with Gasteiger partial charge in [-0.05, 0) is 37.3 Å². The number of hydrogen-bond donors (Lipinski definition) is 1. The second kappa shape index (κ2) is 7.32. The third-order valence-corrected chi connectivity index (χ3v) is 4.64. The van der Waals surface area contributed by atoms with Crippen molar-refractivity contribution in [3.63, 3.8) is 0 Å². The normalized spacial score (nSPS) is 11.9. The van der Waals surface area contributed by atoms with Crippen molar-refractivity contribution in [1.29, 1.82) is 0 Å². The van der Waals surface area contributed by atoms with Gasteiger partial charge in [-0.1, -0.05) is 41.9 Å². The van der Waals surface area contributed by atoms with E-state index in [1.165, 1.54) is 0 Å². The van der Waals surface area contributed by atoms with E-state index in [2.05, 4.69) is 10.1 Å². The van der Waals surface area contributed by atoms with Crippen molar-refractivity contribution in [2.24, 2.45) is 0 Å². The van der Waals surface area contributed by atoms with Crippen LogP contribution in [0.4, 0.5) is 0 Å². The largest absolute Gasteiger partial charge is 0.481 e. The molecule has 2 aromatic heterocycles. The van der Waals surface area contributed by atoms with E-state index in [0.29, 0.717) is 33.1 Å². The summed E-state index contributed by atoms with van der Waals surface area (Å²) >= 11 is 6.57. The molecule has 0 aliphatic rings. The van der Waals surface area contributed by atoms with Gasteiger partial charge in [0.15, 0.2) is 5.58 Å². The first-order chi connectivity index (χ1) is 13.5. The number of rotatable bonds is 5. The van der Waals surface area contributed by atoms with Crippen LogP contribution in [0.15, 0.2) is 59.0 Å². The van der Waals surface area contributed by atoms with Crippen LogP contribution >= 0.6 is 11.6 Å². The van der Waals surface area contributed by atoms with E-state index in [1.807, 2.05) is 55.5 Å². The summed E-state index contributed by atoms with van der Waals surface area (Å²) in [6, 6.07) is 16.8. The molecule has 28 heavy (non-hydrogen) atoms. The average Bonchev–Trinajstić information content (AvgIpc) is 3.24. The molecule has 2 aromatic carbocycles. The molecule has 140 valence electrons. The van der Waals surface area contributed by atoms with Gasteiger partial charge in [0.05, 0.1) is 17.8 Å². The van der Waals surface area contributed by atoms with Crippen molar-refractivity contribution in [1.82, 2.24) is 14.8 Å². The Morgan fingerprint density at radius 1 is 1.18 bits per heavy atom. The first-order valence-corrected chi connectivity index (χ1v) is 8.99. The molecule has 7 heteroatoms. The number of carboxylic acids is 1. The Bertz CT molecular complexity index is 1160. The van der Waals surface area contributed by atoms with E-state index in [-0.39, 0.29) is 12.3 Å². The van der Waals surface area contributed by atoms with E-state index in [4.69, 9.17) is 16.0 Å². The Hall–Kier alpha value is -3.38. The van der Waals surface area contributed by atoms with E-state index in [9.17, 15) is 9.90 Å². The highest BCUT2D eigenvalue weighted by atomic mass is 35.5. The van der Waals surface area contributed by atoms with Gasteiger partial charge in [-0.2, -0.15) is 5.10 Å². The van der Waals surface area contributed by atoms with Gasteiger partial charge < -0.3 is 9.52 Å². The fourth-order valence-corrected chi connectivity index (χ4v) is 3.28. The second-order valence-electron chi connectivity index (χ2n) is 6.26. The number of nitrogens with zero attached hydrogens (tertiary/aromatic N) is 3. The van der Waals surface area contributed by atoms with Gasteiger partial charge in [-0.15, -0.1) is 0 Å². The van der Waals surface area contributed by atoms with E-state index in [0.717, 1.165) is 5.69 Å². The Morgan fingerprint density at radius 3 is 2.61 bits per heavy atom. The van der Waals surface area contributed by atoms with Gasteiger partial charge in [0.25, 0.3) is 0 Å². The molecule has 2 heterocycles. The zero-order valence-corrected chi connectivity index (χ0v) is 15.7. The lowest BCUT2D eigenvalue weighted by Gasteiger charge is -2.03. The van der Waals surface area contributed by atoms with Crippen LogP contribution in [0.1, 0.15) is 23.6 Å². The molecule has 4 aromatic rings. The monoisotopic (exact) mass is 393 g/mol. The lowest BCUT2D eigenvalue weighted by Crippen LogP contribution is -1.98. The number of carboxylic acid groups (broad SMARTS) is 1. The highest BCUT2D eigenvalue weighted by Gasteiger charge is 2.18. The molecule has 4 rings (SSSR count). The lowest BCUT2D eigenvalue weighted by molar-refractivity contribution is -0.135. The number of carbonyl (C=O) groups is 1. The Labute approximate surface area is 165 Å². The summed E-state index contributed by atoms with van der Waals surface area (Å²) in [5.41, 5.74) is 3.79. The van der Waals surface area contributed by atoms with Crippen LogP contribution < -0.4 is 0 Å². The van der Waals surface area contributed by atoms with E-state index < -0.39 is 5.97 Å². The maximum atomic E-state index is 11.4. The molecule has 0 atom stereocenters. The molecule has 1 N–H and O–H groups in total. The number of fused-ring (bicyclic) bond motifs is 1. The average molecular weight is 394 g/mol. The number of benzene rings is 2. The zero-order valence-electron chi connectivity index (χ0n) is 15.0. The number of aliphatic carboxylic acids is 1. The number of aromatic nitrogens is 3. The van der Waals surface area contributed by atoms with Gasteiger partial charge >= 0.3 is 5.97 Å². The van der Waals surface area contributed by atoms with Crippen molar-refractivity contribution < 1.29 is 14.3 Å². The minimum Gasteiger partial charge on any atom is -0.481 e. The summed E-state index contributed by atoms with van der Waals surface area (Å²) in [5, 5.41) is 14.2. The van der Waals surface area contributed by atoms with Crippen molar-refractivity contribution in [2.75, 3.05) is 0 Å². The van der Waals surface area contributed by atoms with Gasteiger partial charge in [-0.3, -0.25) is 4.79 Å². The van der Waals surface area contributed by atoms with Crippen LogP contribution in [-0.4, -0.2) is 25.8 Å². The molecule has 0 fully saturated rings. The molecule has 0 aliphatic heterocycles. The Balaban J connectivity index is 1.83. The highest BCUT2D eigenvalue weighted by molar-refractivity contribution is 6.31. The van der Waals surface area contributed by atoms with Gasteiger partial charge in [-0.25, -0.2) is 9.67 Å². The smallest absolute Gasteiger partial charge is 0.308 e. The third-order valence-electron chi connectivity index (χ3n) is 4.28. The summed E-state index contributed by atoms with van der Waals surface area (Å²) in [7, 11) is 0. The van der Waals surface area contributed by atoms with Crippen LogP contribution in [0.2, 0.25) is 5.15 Å². The quantitative estimate of drug-likeness (QED) is 0.516. The molecular formula is C21H16ClN3O3. The summed E-state index contributed by atoms with van der Waals surface area (Å²) in [5.74, 6) is -0.732. The minimum absolute atomic E-state index is 0.251. The molecule has 0 amide bonds. The molecule has 0 spiro atoms. The molecule has 0 aliphatic carbocycles. The van der Waals surface area contributed by atoms with Gasteiger partial charge in [0.1, 0.15) is 10.7 Å². The maximum Gasteiger partial charge on any atom is 0.308 e. The predicted octanol–water partition coefficient (Wildman–Crippen LogP) is 4.99. The fraction of sp³-hybridized carbons (Fsp3) is 0.0952. The Kier molecular flexibility index (Phi) is 4.71. The molecule has 0 unspecified atom stereocenters. The van der Waals surface area contributed by atoms with E-state index in [1.54, 1.807) is 16.8 Å². The number of halogens is 1. The van der Waals surface area contributed by atoms with Crippen LogP contribution in [-0.2, 0) is 4.79 Å². The number of para-hydroxylation sites is 3. The summed E-state index contributed by atoms with van der Waals surface area (Å²) in [6.07, 6.45) is 1.43. The number of oxazole rings is 1. The first kappa shape index (κ1) is 18.0. The molecule has 0 saturated carbocycles. The fourth-order valence-electron chi connectivity index (χ4n) is 2.95. The molecule has 6 nitrogen and oxygen atoms in total. The summed E-state index contributed by atoms with van der Waals surface area (Å²) in [6.45, 7) is 1.82. The lowest BCUT2D eigenvalue weighted by atomic mass is 10.1. The molecule has 0 radical (unpaired) electrons. The maximum absolute atomic E-state index is 11.4. The van der Waals surface area contributed by atoms with Gasteiger partial charge in [0, 0.05) is 11.1 Å². The third kappa shape index (κ3) is 3.42. The summed E-state index contributed by atoms with van der Waals surface area (Å²) in [4.78, 5) is 15.8. The van der Waals surface area contributed by atoms with Crippen molar-refractivity contribution in [2.45, 2.75) is 13.3 Å². The van der Waals surface area contributed by atoms with Crippen molar-refractivity contribution in [3.8, 4) is 5.69 Å².